The van der Waals surface area contributed by atoms with Gasteiger partial charge in [0.05, 0.1) is 0 Å². The van der Waals surface area contributed by atoms with Crippen molar-refractivity contribution in [3.05, 3.63) is 17.5 Å². The van der Waals surface area contributed by atoms with Crippen LogP contribution in [0.25, 0.3) is 0 Å². The van der Waals surface area contributed by atoms with E-state index in [1.807, 2.05) is 0 Å². The van der Waals surface area contributed by atoms with Crippen LogP contribution in [-0.2, 0) is 4.74 Å². The van der Waals surface area contributed by atoms with Crippen molar-refractivity contribution >= 4 is 17.4 Å². The Morgan fingerprint density at radius 3 is 2.67 bits per heavy atom. The maximum absolute atomic E-state index is 5.94. The molecule has 1 aromatic heterocycles. The molecular formula is C10H14ClN3O. The fourth-order valence-corrected chi connectivity index (χ4v) is 1.79. The first kappa shape index (κ1) is 10.6. The van der Waals surface area contributed by atoms with E-state index in [0.29, 0.717) is 11.0 Å². The molecule has 0 aliphatic carbocycles. The van der Waals surface area contributed by atoms with Gasteiger partial charge in [-0.15, -0.1) is 0 Å². The molecule has 0 unspecified atom stereocenters. The average molecular weight is 228 g/mol. The molecule has 0 amide bonds. The van der Waals surface area contributed by atoms with Crippen LogP contribution in [-0.4, -0.2) is 28.7 Å². The van der Waals surface area contributed by atoms with Crippen LogP contribution in [0.15, 0.2) is 12.4 Å². The van der Waals surface area contributed by atoms with Crippen LogP contribution in [0.4, 0.5) is 5.82 Å². The summed E-state index contributed by atoms with van der Waals surface area (Å²) in [6.45, 7) is 3.71. The Kier molecular flexibility index (Phi) is 3.07. The third-order valence-electron chi connectivity index (χ3n) is 2.67. The van der Waals surface area contributed by atoms with Crippen molar-refractivity contribution in [1.29, 1.82) is 0 Å². The lowest BCUT2D eigenvalue weighted by atomic mass is 9.92. The minimum absolute atomic E-state index is 0.0118. The van der Waals surface area contributed by atoms with Gasteiger partial charge in [0.15, 0.2) is 11.0 Å². The first-order valence-electron chi connectivity index (χ1n) is 5.02. The maximum atomic E-state index is 5.94. The fourth-order valence-electron chi connectivity index (χ4n) is 1.64. The van der Waals surface area contributed by atoms with Crippen LogP contribution < -0.4 is 5.32 Å². The molecule has 0 atom stereocenters. The van der Waals surface area contributed by atoms with E-state index in [1.54, 1.807) is 12.4 Å². The quantitative estimate of drug-likeness (QED) is 0.841. The highest BCUT2D eigenvalue weighted by Crippen LogP contribution is 2.26. The van der Waals surface area contributed by atoms with Gasteiger partial charge in [0.25, 0.3) is 0 Å². The SMILES string of the molecule is CC1(Nc2nccnc2Cl)CCOCC1. The van der Waals surface area contributed by atoms with E-state index in [-0.39, 0.29) is 5.54 Å². The number of hydrogen-bond donors (Lipinski definition) is 1. The van der Waals surface area contributed by atoms with Gasteiger partial charge in [0, 0.05) is 31.1 Å². The molecule has 4 nitrogen and oxygen atoms in total. The van der Waals surface area contributed by atoms with Gasteiger partial charge in [-0.25, -0.2) is 9.97 Å². The molecule has 1 aliphatic rings. The van der Waals surface area contributed by atoms with Crippen molar-refractivity contribution in [3.8, 4) is 0 Å². The molecule has 0 radical (unpaired) electrons. The van der Waals surface area contributed by atoms with E-state index in [4.69, 9.17) is 16.3 Å². The van der Waals surface area contributed by atoms with Gasteiger partial charge in [-0.05, 0) is 19.8 Å². The fraction of sp³-hybridized carbons (Fsp3) is 0.600. The van der Waals surface area contributed by atoms with Crippen LogP contribution in [0, 0.1) is 0 Å². The Hall–Kier alpha value is -0.870. The van der Waals surface area contributed by atoms with Gasteiger partial charge in [-0.1, -0.05) is 11.6 Å². The molecule has 1 N–H and O–H groups in total. The second-order valence-corrected chi connectivity index (χ2v) is 4.35. The summed E-state index contributed by atoms with van der Waals surface area (Å²) in [7, 11) is 0. The van der Waals surface area contributed by atoms with Crippen LogP contribution in [0.3, 0.4) is 0 Å². The van der Waals surface area contributed by atoms with E-state index < -0.39 is 0 Å². The number of nitrogens with one attached hydrogen (secondary N) is 1. The minimum atomic E-state index is 0.0118. The Balaban J connectivity index is 2.10. The third-order valence-corrected chi connectivity index (χ3v) is 2.95. The smallest absolute Gasteiger partial charge is 0.171 e. The lowest BCUT2D eigenvalue weighted by molar-refractivity contribution is 0.0657. The van der Waals surface area contributed by atoms with E-state index >= 15 is 0 Å². The molecule has 0 saturated carbocycles. The van der Waals surface area contributed by atoms with Crippen molar-refractivity contribution in [1.82, 2.24) is 9.97 Å². The number of hydrogen-bond acceptors (Lipinski definition) is 4. The van der Waals surface area contributed by atoms with Crippen LogP contribution >= 0.6 is 11.6 Å². The molecule has 0 aromatic carbocycles. The molecule has 82 valence electrons. The predicted octanol–water partition coefficient (Wildman–Crippen LogP) is 2.11. The number of anilines is 1. The summed E-state index contributed by atoms with van der Waals surface area (Å²) < 4.78 is 5.32. The number of aromatic nitrogens is 2. The Morgan fingerprint density at radius 1 is 1.33 bits per heavy atom. The van der Waals surface area contributed by atoms with Crippen LogP contribution in [0.5, 0.6) is 0 Å². The summed E-state index contributed by atoms with van der Waals surface area (Å²) in [5.41, 5.74) is 0.0118. The summed E-state index contributed by atoms with van der Waals surface area (Å²) in [5, 5.41) is 3.76. The topological polar surface area (TPSA) is 47.0 Å². The number of ether oxygens (including phenoxy) is 1. The van der Waals surface area contributed by atoms with Crippen LogP contribution in [0.1, 0.15) is 19.8 Å². The van der Waals surface area contributed by atoms with Gasteiger partial charge >= 0.3 is 0 Å². The lowest BCUT2D eigenvalue weighted by Crippen LogP contribution is -2.41. The zero-order valence-electron chi connectivity index (χ0n) is 8.66. The Bertz CT molecular complexity index is 339. The van der Waals surface area contributed by atoms with Gasteiger partial charge in [-0.3, -0.25) is 0 Å². The summed E-state index contributed by atoms with van der Waals surface area (Å²) in [6.07, 6.45) is 5.14. The van der Waals surface area contributed by atoms with Crippen LogP contribution in [0.2, 0.25) is 5.15 Å². The highest BCUT2D eigenvalue weighted by Gasteiger charge is 2.28. The van der Waals surface area contributed by atoms with E-state index in [2.05, 4.69) is 22.2 Å². The normalized spacial score (nSPS) is 19.9. The molecule has 5 heteroatoms. The number of halogens is 1. The minimum Gasteiger partial charge on any atom is -0.381 e. The zero-order chi connectivity index (χ0) is 10.7. The molecule has 15 heavy (non-hydrogen) atoms. The van der Waals surface area contributed by atoms with Gasteiger partial charge in [-0.2, -0.15) is 0 Å². The zero-order valence-corrected chi connectivity index (χ0v) is 9.42. The van der Waals surface area contributed by atoms with Gasteiger partial charge in [0.1, 0.15) is 0 Å². The number of rotatable bonds is 2. The standard InChI is InChI=1S/C10H14ClN3O/c1-10(2-6-15-7-3-10)14-9-8(11)12-4-5-13-9/h4-5H,2-3,6-7H2,1H3,(H,13,14). The summed E-state index contributed by atoms with van der Waals surface area (Å²) >= 11 is 5.94. The van der Waals surface area contributed by atoms with E-state index in [0.717, 1.165) is 26.1 Å². The Labute approximate surface area is 94.0 Å². The Morgan fingerprint density at radius 2 is 2.00 bits per heavy atom. The second kappa shape index (κ2) is 4.33. The van der Waals surface area contributed by atoms with Crippen molar-refractivity contribution in [2.45, 2.75) is 25.3 Å². The van der Waals surface area contributed by atoms with E-state index in [1.165, 1.54) is 0 Å². The average Bonchev–Trinajstić information content (AvgIpc) is 2.22. The first-order chi connectivity index (χ1) is 7.20. The molecule has 1 aliphatic heterocycles. The van der Waals surface area contributed by atoms with Crippen molar-refractivity contribution in [2.75, 3.05) is 18.5 Å². The molecule has 0 spiro atoms. The van der Waals surface area contributed by atoms with E-state index in [9.17, 15) is 0 Å². The van der Waals surface area contributed by atoms with Crippen molar-refractivity contribution in [2.24, 2.45) is 0 Å². The van der Waals surface area contributed by atoms with Gasteiger partial charge in [0.2, 0.25) is 0 Å². The molecule has 2 rings (SSSR count). The third kappa shape index (κ3) is 2.58. The second-order valence-electron chi connectivity index (χ2n) is 3.99. The summed E-state index contributed by atoms with van der Waals surface area (Å²) in [6, 6.07) is 0. The highest BCUT2D eigenvalue weighted by atomic mass is 35.5. The largest absolute Gasteiger partial charge is 0.381 e. The molecule has 2 heterocycles. The molecular weight excluding hydrogens is 214 g/mol. The van der Waals surface area contributed by atoms with Crippen molar-refractivity contribution < 1.29 is 4.74 Å². The monoisotopic (exact) mass is 227 g/mol. The highest BCUT2D eigenvalue weighted by molar-refractivity contribution is 6.31. The van der Waals surface area contributed by atoms with Crippen molar-refractivity contribution in [3.63, 3.8) is 0 Å². The molecule has 1 fully saturated rings. The molecule has 0 bridgehead atoms. The predicted molar refractivity (Wildman–Crippen MR) is 59.1 cm³/mol. The lowest BCUT2D eigenvalue weighted by Gasteiger charge is -2.34. The van der Waals surface area contributed by atoms with Gasteiger partial charge < -0.3 is 10.1 Å². The maximum Gasteiger partial charge on any atom is 0.171 e. The summed E-state index contributed by atoms with van der Waals surface area (Å²) in [5.74, 6) is 0.656. The molecule has 1 saturated heterocycles. The first-order valence-corrected chi connectivity index (χ1v) is 5.40. The summed E-state index contributed by atoms with van der Waals surface area (Å²) in [4.78, 5) is 8.16. The molecule has 1 aromatic rings. The number of nitrogens with zero attached hydrogens (tertiary/aromatic N) is 2.